The normalized spacial score (nSPS) is 10.7. The zero-order valence-electron chi connectivity index (χ0n) is 8.10. The largest absolute Gasteiger partial charge is 0.329 e. The third kappa shape index (κ3) is 1.86. The van der Waals surface area contributed by atoms with Gasteiger partial charge in [-0.2, -0.15) is 5.10 Å². The molecule has 0 bridgehead atoms. The maximum absolute atomic E-state index is 5.45. The van der Waals surface area contributed by atoms with E-state index in [9.17, 15) is 0 Å². The number of aryl methyl sites for hydroxylation is 1. The molecule has 0 fully saturated rings. The van der Waals surface area contributed by atoms with Gasteiger partial charge in [0.25, 0.3) is 0 Å². The Labute approximate surface area is 87.2 Å². The number of nitrogens with zero attached hydrogens (tertiary/aromatic N) is 2. The van der Waals surface area contributed by atoms with Crippen LogP contribution in [0.15, 0.2) is 23.8 Å². The Morgan fingerprint density at radius 3 is 3.00 bits per heavy atom. The predicted octanol–water partition coefficient (Wildman–Crippen LogP) is 1.88. The Kier molecular flexibility index (Phi) is 2.65. The van der Waals surface area contributed by atoms with E-state index in [0.717, 1.165) is 6.54 Å². The van der Waals surface area contributed by atoms with Gasteiger partial charge in [0.1, 0.15) is 0 Å². The fourth-order valence-electron chi connectivity index (χ4n) is 1.36. The molecule has 4 heteroatoms. The molecule has 0 saturated heterocycles. The average Bonchev–Trinajstić information content (AvgIpc) is 2.74. The molecular weight excluding hydrogens is 194 g/mol. The summed E-state index contributed by atoms with van der Waals surface area (Å²) in [5, 5.41) is 6.38. The summed E-state index contributed by atoms with van der Waals surface area (Å²) in [6, 6.07) is 2.18. The van der Waals surface area contributed by atoms with E-state index in [-0.39, 0.29) is 0 Å². The van der Waals surface area contributed by atoms with E-state index in [4.69, 9.17) is 5.73 Å². The second kappa shape index (κ2) is 3.94. The number of hydrogen-bond acceptors (Lipinski definition) is 3. The lowest BCUT2D eigenvalue weighted by molar-refractivity contribution is 0.625. The van der Waals surface area contributed by atoms with Crippen molar-refractivity contribution in [1.29, 1.82) is 0 Å². The van der Waals surface area contributed by atoms with Gasteiger partial charge in [-0.1, -0.05) is 0 Å². The Bertz CT molecular complexity index is 416. The second-order valence-corrected chi connectivity index (χ2v) is 4.34. The minimum Gasteiger partial charge on any atom is -0.329 e. The molecular formula is C10H13N3S. The van der Waals surface area contributed by atoms with Gasteiger partial charge in [-0.3, -0.25) is 4.68 Å². The molecule has 0 amide bonds. The third-order valence-corrected chi connectivity index (χ3v) is 2.92. The van der Waals surface area contributed by atoms with Crippen molar-refractivity contribution in [2.75, 3.05) is 6.54 Å². The van der Waals surface area contributed by atoms with Crippen molar-refractivity contribution in [2.45, 2.75) is 13.5 Å². The molecule has 74 valence electrons. The van der Waals surface area contributed by atoms with Crippen LogP contribution in [-0.2, 0) is 6.54 Å². The van der Waals surface area contributed by atoms with Crippen LogP contribution in [-0.4, -0.2) is 16.3 Å². The quantitative estimate of drug-likeness (QED) is 0.835. The first-order valence-electron chi connectivity index (χ1n) is 4.57. The minimum absolute atomic E-state index is 0.629. The van der Waals surface area contributed by atoms with E-state index in [0.29, 0.717) is 6.54 Å². The molecule has 0 aliphatic carbocycles. The van der Waals surface area contributed by atoms with Crippen LogP contribution in [0, 0.1) is 6.92 Å². The van der Waals surface area contributed by atoms with Crippen LogP contribution in [0.4, 0.5) is 0 Å². The van der Waals surface area contributed by atoms with Gasteiger partial charge >= 0.3 is 0 Å². The molecule has 2 N–H and O–H groups in total. The Hall–Kier alpha value is -1.13. The molecule has 0 radical (unpaired) electrons. The Morgan fingerprint density at radius 1 is 1.50 bits per heavy atom. The van der Waals surface area contributed by atoms with Crippen molar-refractivity contribution in [3.8, 4) is 11.1 Å². The van der Waals surface area contributed by atoms with Crippen molar-refractivity contribution < 1.29 is 0 Å². The fourth-order valence-corrected chi connectivity index (χ4v) is 2.07. The van der Waals surface area contributed by atoms with E-state index in [1.165, 1.54) is 16.0 Å². The van der Waals surface area contributed by atoms with Gasteiger partial charge in [0.15, 0.2) is 0 Å². The summed E-state index contributed by atoms with van der Waals surface area (Å²) in [4.78, 5) is 1.33. The highest BCUT2D eigenvalue weighted by Gasteiger charge is 2.02. The maximum Gasteiger partial charge on any atom is 0.0568 e. The van der Waals surface area contributed by atoms with Gasteiger partial charge in [0.05, 0.1) is 12.7 Å². The van der Waals surface area contributed by atoms with Crippen LogP contribution in [0.1, 0.15) is 4.88 Å². The van der Waals surface area contributed by atoms with E-state index >= 15 is 0 Å². The highest BCUT2D eigenvalue weighted by atomic mass is 32.1. The molecule has 0 atom stereocenters. The number of aromatic nitrogens is 2. The smallest absolute Gasteiger partial charge is 0.0568 e. The van der Waals surface area contributed by atoms with Crippen LogP contribution in [0.2, 0.25) is 0 Å². The third-order valence-electron chi connectivity index (χ3n) is 2.06. The van der Waals surface area contributed by atoms with E-state index in [1.54, 1.807) is 11.3 Å². The van der Waals surface area contributed by atoms with Crippen LogP contribution in [0.5, 0.6) is 0 Å². The molecule has 0 aromatic carbocycles. The monoisotopic (exact) mass is 207 g/mol. The SMILES string of the molecule is Cc1cc(-c2cnn(CCN)c2)cs1. The zero-order valence-corrected chi connectivity index (χ0v) is 8.92. The first-order chi connectivity index (χ1) is 6.79. The second-order valence-electron chi connectivity index (χ2n) is 3.23. The number of thiophene rings is 1. The molecule has 2 aromatic heterocycles. The molecule has 0 aliphatic heterocycles. The van der Waals surface area contributed by atoms with Gasteiger partial charge in [0.2, 0.25) is 0 Å². The summed E-state index contributed by atoms with van der Waals surface area (Å²) in [7, 11) is 0. The number of nitrogens with two attached hydrogens (primary N) is 1. The summed E-state index contributed by atoms with van der Waals surface area (Å²) in [6.45, 7) is 3.52. The maximum atomic E-state index is 5.45. The Balaban J connectivity index is 2.24. The standard InChI is InChI=1S/C10H13N3S/c1-8-4-9(7-14-8)10-5-12-13(6-10)3-2-11/h4-7H,2-3,11H2,1H3. The fraction of sp³-hybridized carbons (Fsp3) is 0.300. The van der Waals surface area contributed by atoms with E-state index in [2.05, 4.69) is 23.5 Å². The molecule has 2 rings (SSSR count). The minimum atomic E-state index is 0.629. The van der Waals surface area contributed by atoms with Crippen LogP contribution >= 0.6 is 11.3 Å². The van der Waals surface area contributed by atoms with E-state index in [1.807, 2.05) is 17.1 Å². The molecule has 3 nitrogen and oxygen atoms in total. The van der Waals surface area contributed by atoms with Crippen molar-refractivity contribution >= 4 is 11.3 Å². The van der Waals surface area contributed by atoms with Gasteiger partial charge in [0, 0.05) is 23.2 Å². The van der Waals surface area contributed by atoms with E-state index < -0.39 is 0 Å². The molecule has 0 unspecified atom stereocenters. The summed E-state index contributed by atoms with van der Waals surface area (Å²) >= 11 is 1.76. The molecule has 14 heavy (non-hydrogen) atoms. The average molecular weight is 207 g/mol. The van der Waals surface area contributed by atoms with Crippen LogP contribution in [0.3, 0.4) is 0 Å². The highest BCUT2D eigenvalue weighted by Crippen LogP contribution is 2.24. The van der Waals surface area contributed by atoms with Gasteiger partial charge in [-0.25, -0.2) is 0 Å². The lowest BCUT2D eigenvalue weighted by Gasteiger charge is -1.94. The topological polar surface area (TPSA) is 43.8 Å². The highest BCUT2D eigenvalue weighted by molar-refractivity contribution is 7.10. The molecule has 0 spiro atoms. The van der Waals surface area contributed by atoms with Crippen molar-refractivity contribution in [1.82, 2.24) is 9.78 Å². The molecule has 2 heterocycles. The van der Waals surface area contributed by atoms with Gasteiger partial charge < -0.3 is 5.73 Å². The first-order valence-corrected chi connectivity index (χ1v) is 5.45. The van der Waals surface area contributed by atoms with Crippen molar-refractivity contribution in [3.05, 3.63) is 28.7 Å². The predicted molar refractivity (Wildman–Crippen MR) is 59.3 cm³/mol. The first kappa shape index (κ1) is 9.43. The van der Waals surface area contributed by atoms with Crippen LogP contribution in [0.25, 0.3) is 11.1 Å². The summed E-state index contributed by atoms with van der Waals surface area (Å²) in [6.07, 6.45) is 3.92. The number of hydrogen-bond donors (Lipinski definition) is 1. The van der Waals surface area contributed by atoms with Gasteiger partial charge in [-0.05, 0) is 23.9 Å². The summed E-state index contributed by atoms with van der Waals surface area (Å²) in [5.41, 5.74) is 7.87. The number of rotatable bonds is 3. The zero-order chi connectivity index (χ0) is 9.97. The Morgan fingerprint density at radius 2 is 2.36 bits per heavy atom. The van der Waals surface area contributed by atoms with Crippen molar-refractivity contribution in [3.63, 3.8) is 0 Å². The summed E-state index contributed by atoms with van der Waals surface area (Å²) < 4.78 is 1.88. The summed E-state index contributed by atoms with van der Waals surface area (Å²) in [5.74, 6) is 0. The molecule has 0 saturated carbocycles. The van der Waals surface area contributed by atoms with Crippen molar-refractivity contribution in [2.24, 2.45) is 5.73 Å². The molecule has 0 aliphatic rings. The lowest BCUT2D eigenvalue weighted by Crippen LogP contribution is -2.09. The van der Waals surface area contributed by atoms with Crippen LogP contribution < -0.4 is 5.73 Å². The van der Waals surface area contributed by atoms with Gasteiger partial charge in [-0.15, -0.1) is 11.3 Å². The molecule has 2 aromatic rings. The lowest BCUT2D eigenvalue weighted by atomic mass is 10.2.